The van der Waals surface area contributed by atoms with Crippen LogP contribution in [-0.2, 0) is 6.54 Å². The van der Waals surface area contributed by atoms with E-state index in [0.717, 1.165) is 24.7 Å². The molecule has 1 N–H and O–H groups in total. The number of likely N-dealkylation sites (tertiary alicyclic amines) is 1. The molecule has 108 valence electrons. The zero-order chi connectivity index (χ0) is 13.8. The number of rotatable bonds is 5. The SMILES string of the molecule is CCNCC1CCN(Cc2cn3ccccc3n2)CC1. The molecule has 0 unspecified atom stereocenters. The van der Waals surface area contributed by atoms with Crippen LogP contribution in [-0.4, -0.2) is 40.5 Å². The van der Waals surface area contributed by atoms with E-state index in [-0.39, 0.29) is 0 Å². The number of nitrogens with zero attached hydrogens (tertiary/aromatic N) is 3. The van der Waals surface area contributed by atoms with Gasteiger partial charge >= 0.3 is 0 Å². The Balaban J connectivity index is 1.54. The van der Waals surface area contributed by atoms with E-state index in [4.69, 9.17) is 0 Å². The van der Waals surface area contributed by atoms with Crippen LogP contribution in [0, 0.1) is 5.92 Å². The van der Waals surface area contributed by atoms with Crippen molar-refractivity contribution in [2.75, 3.05) is 26.2 Å². The lowest BCUT2D eigenvalue weighted by Gasteiger charge is -2.31. The molecular formula is C16H24N4. The molecule has 20 heavy (non-hydrogen) atoms. The number of pyridine rings is 1. The molecule has 0 saturated carbocycles. The van der Waals surface area contributed by atoms with Crippen LogP contribution in [0.1, 0.15) is 25.5 Å². The third-order valence-corrected chi connectivity index (χ3v) is 4.19. The minimum Gasteiger partial charge on any atom is -0.317 e. The van der Waals surface area contributed by atoms with Crippen LogP contribution in [0.4, 0.5) is 0 Å². The number of piperidine rings is 1. The van der Waals surface area contributed by atoms with Gasteiger partial charge in [0.2, 0.25) is 0 Å². The summed E-state index contributed by atoms with van der Waals surface area (Å²) in [6, 6.07) is 6.15. The molecule has 0 radical (unpaired) electrons. The minimum atomic E-state index is 0.854. The predicted molar refractivity (Wildman–Crippen MR) is 81.7 cm³/mol. The van der Waals surface area contributed by atoms with E-state index < -0.39 is 0 Å². The monoisotopic (exact) mass is 272 g/mol. The quantitative estimate of drug-likeness (QED) is 0.905. The summed E-state index contributed by atoms with van der Waals surface area (Å²) in [6.45, 7) is 7.82. The van der Waals surface area contributed by atoms with E-state index in [1.54, 1.807) is 0 Å². The molecular weight excluding hydrogens is 248 g/mol. The lowest BCUT2D eigenvalue weighted by Crippen LogP contribution is -2.36. The fourth-order valence-electron chi connectivity index (χ4n) is 2.99. The van der Waals surface area contributed by atoms with Crippen molar-refractivity contribution in [2.24, 2.45) is 5.92 Å². The molecule has 0 aromatic carbocycles. The lowest BCUT2D eigenvalue weighted by molar-refractivity contribution is 0.174. The molecule has 4 heteroatoms. The van der Waals surface area contributed by atoms with Crippen molar-refractivity contribution in [1.29, 1.82) is 0 Å². The topological polar surface area (TPSA) is 32.6 Å². The second-order valence-electron chi connectivity index (χ2n) is 5.73. The number of hydrogen-bond acceptors (Lipinski definition) is 3. The van der Waals surface area contributed by atoms with Gasteiger partial charge in [-0.1, -0.05) is 13.0 Å². The van der Waals surface area contributed by atoms with Gasteiger partial charge in [0.1, 0.15) is 5.65 Å². The summed E-state index contributed by atoms with van der Waals surface area (Å²) in [7, 11) is 0. The second-order valence-corrected chi connectivity index (χ2v) is 5.73. The van der Waals surface area contributed by atoms with Gasteiger partial charge in [0, 0.05) is 18.9 Å². The van der Waals surface area contributed by atoms with Crippen LogP contribution in [0.2, 0.25) is 0 Å². The Labute approximate surface area is 120 Å². The van der Waals surface area contributed by atoms with Crippen LogP contribution < -0.4 is 5.32 Å². The Morgan fingerprint density at radius 2 is 2.15 bits per heavy atom. The van der Waals surface area contributed by atoms with Crippen molar-refractivity contribution in [2.45, 2.75) is 26.3 Å². The highest BCUT2D eigenvalue weighted by molar-refractivity contribution is 5.39. The highest BCUT2D eigenvalue weighted by Gasteiger charge is 2.19. The van der Waals surface area contributed by atoms with Crippen molar-refractivity contribution in [1.82, 2.24) is 19.6 Å². The molecule has 0 spiro atoms. The Morgan fingerprint density at radius 3 is 2.90 bits per heavy atom. The average Bonchev–Trinajstić information content (AvgIpc) is 2.89. The Hall–Kier alpha value is -1.39. The molecule has 0 aliphatic carbocycles. The van der Waals surface area contributed by atoms with Crippen molar-refractivity contribution in [3.8, 4) is 0 Å². The van der Waals surface area contributed by atoms with Gasteiger partial charge in [-0.15, -0.1) is 0 Å². The molecule has 1 saturated heterocycles. The van der Waals surface area contributed by atoms with E-state index in [2.05, 4.69) is 45.0 Å². The van der Waals surface area contributed by atoms with E-state index in [0.29, 0.717) is 0 Å². The zero-order valence-electron chi connectivity index (χ0n) is 12.3. The second kappa shape index (κ2) is 6.37. The maximum atomic E-state index is 4.68. The van der Waals surface area contributed by atoms with Crippen LogP contribution in [0.15, 0.2) is 30.6 Å². The molecule has 0 atom stereocenters. The molecule has 3 rings (SSSR count). The van der Waals surface area contributed by atoms with Gasteiger partial charge in [-0.05, 0) is 57.1 Å². The fourth-order valence-corrected chi connectivity index (χ4v) is 2.99. The summed E-state index contributed by atoms with van der Waals surface area (Å²) in [6.07, 6.45) is 6.83. The van der Waals surface area contributed by atoms with Crippen LogP contribution >= 0.6 is 0 Å². The third kappa shape index (κ3) is 3.19. The van der Waals surface area contributed by atoms with Crippen LogP contribution in [0.25, 0.3) is 5.65 Å². The molecule has 2 aromatic heterocycles. The molecule has 2 aromatic rings. The van der Waals surface area contributed by atoms with Gasteiger partial charge in [0.15, 0.2) is 0 Å². The Kier molecular flexibility index (Phi) is 4.33. The molecule has 4 nitrogen and oxygen atoms in total. The molecule has 0 amide bonds. The fraction of sp³-hybridized carbons (Fsp3) is 0.562. The number of fused-ring (bicyclic) bond motifs is 1. The largest absolute Gasteiger partial charge is 0.317 e. The first-order valence-corrected chi connectivity index (χ1v) is 7.71. The number of aromatic nitrogens is 2. The number of nitrogens with one attached hydrogen (secondary N) is 1. The molecule has 1 aliphatic rings. The third-order valence-electron chi connectivity index (χ3n) is 4.19. The van der Waals surface area contributed by atoms with Crippen molar-refractivity contribution >= 4 is 5.65 Å². The summed E-state index contributed by atoms with van der Waals surface area (Å²) in [5.74, 6) is 0.854. The first-order valence-electron chi connectivity index (χ1n) is 7.71. The van der Waals surface area contributed by atoms with Gasteiger partial charge < -0.3 is 9.72 Å². The Morgan fingerprint density at radius 1 is 1.30 bits per heavy atom. The van der Waals surface area contributed by atoms with Crippen molar-refractivity contribution in [3.05, 3.63) is 36.3 Å². The molecule has 0 bridgehead atoms. The first-order chi connectivity index (χ1) is 9.85. The normalized spacial score (nSPS) is 17.9. The van der Waals surface area contributed by atoms with Crippen molar-refractivity contribution in [3.63, 3.8) is 0 Å². The van der Waals surface area contributed by atoms with Gasteiger partial charge in [0.05, 0.1) is 5.69 Å². The summed E-state index contributed by atoms with van der Waals surface area (Å²) in [5, 5.41) is 3.47. The summed E-state index contributed by atoms with van der Waals surface area (Å²) < 4.78 is 2.10. The molecule has 3 heterocycles. The zero-order valence-corrected chi connectivity index (χ0v) is 12.3. The van der Waals surface area contributed by atoms with E-state index in [9.17, 15) is 0 Å². The average molecular weight is 272 g/mol. The smallest absolute Gasteiger partial charge is 0.137 e. The maximum Gasteiger partial charge on any atom is 0.137 e. The standard InChI is InChI=1S/C16H24N4/c1-2-17-11-14-6-9-19(10-7-14)12-15-13-20-8-4-3-5-16(20)18-15/h3-5,8,13-14,17H,2,6-7,9-12H2,1H3. The molecule has 1 fully saturated rings. The first kappa shape index (κ1) is 13.6. The van der Waals surface area contributed by atoms with Crippen LogP contribution in [0.5, 0.6) is 0 Å². The Bertz CT molecular complexity index is 507. The highest BCUT2D eigenvalue weighted by atomic mass is 15.1. The van der Waals surface area contributed by atoms with Crippen molar-refractivity contribution < 1.29 is 0 Å². The summed E-state index contributed by atoms with van der Waals surface area (Å²) in [4.78, 5) is 7.22. The lowest BCUT2D eigenvalue weighted by atomic mass is 9.97. The van der Waals surface area contributed by atoms with E-state index in [1.807, 2.05) is 12.1 Å². The van der Waals surface area contributed by atoms with Gasteiger partial charge in [-0.25, -0.2) is 4.98 Å². The van der Waals surface area contributed by atoms with Gasteiger partial charge in [-0.2, -0.15) is 0 Å². The highest BCUT2D eigenvalue weighted by Crippen LogP contribution is 2.18. The summed E-state index contributed by atoms with van der Waals surface area (Å²) in [5.41, 5.74) is 2.23. The predicted octanol–water partition coefficient (Wildman–Crippen LogP) is 2.16. The van der Waals surface area contributed by atoms with Gasteiger partial charge in [0.25, 0.3) is 0 Å². The summed E-state index contributed by atoms with van der Waals surface area (Å²) >= 11 is 0. The van der Waals surface area contributed by atoms with Gasteiger partial charge in [-0.3, -0.25) is 4.90 Å². The number of hydrogen-bond donors (Lipinski definition) is 1. The minimum absolute atomic E-state index is 0.854. The molecule has 1 aliphatic heterocycles. The number of imidazole rings is 1. The van der Waals surface area contributed by atoms with E-state index >= 15 is 0 Å². The van der Waals surface area contributed by atoms with E-state index in [1.165, 1.54) is 38.2 Å². The van der Waals surface area contributed by atoms with Crippen LogP contribution in [0.3, 0.4) is 0 Å². The maximum absolute atomic E-state index is 4.68.